The second kappa shape index (κ2) is 7.16. The van der Waals surface area contributed by atoms with E-state index in [0.717, 1.165) is 6.07 Å². The lowest BCUT2D eigenvalue weighted by Gasteiger charge is -2.29. The number of alkyl halides is 3. The number of pyridine rings is 1. The summed E-state index contributed by atoms with van der Waals surface area (Å²) in [5, 5.41) is 0.940. The summed E-state index contributed by atoms with van der Waals surface area (Å²) in [5.74, 6) is -1.90. The number of fused-ring (bicyclic) bond motifs is 1. The molecule has 0 saturated carbocycles. The number of nitrogens with zero attached hydrogens (tertiary/aromatic N) is 3. The maximum absolute atomic E-state index is 13.7. The molecule has 4 rings (SSSR count). The molecular weight excluding hydrogens is 393 g/mol. The van der Waals surface area contributed by atoms with Gasteiger partial charge in [0.15, 0.2) is 0 Å². The van der Waals surface area contributed by atoms with Crippen molar-refractivity contribution in [2.24, 2.45) is 4.99 Å². The number of hydrogen-bond donors (Lipinski definition) is 0. The summed E-state index contributed by atoms with van der Waals surface area (Å²) in [6.07, 6.45) is -2.76. The van der Waals surface area contributed by atoms with E-state index >= 15 is 0 Å². The lowest BCUT2D eigenvalue weighted by Crippen LogP contribution is -2.46. The van der Waals surface area contributed by atoms with Gasteiger partial charge in [0.1, 0.15) is 22.7 Å². The number of aromatic nitrogens is 1. The monoisotopic (exact) mass is 405 g/mol. The van der Waals surface area contributed by atoms with Crippen LogP contribution in [0.5, 0.6) is 5.75 Å². The van der Waals surface area contributed by atoms with Crippen molar-refractivity contribution in [1.82, 2.24) is 4.98 Å². The second-order valence-corrected chi connectivity index (χ2v) is 6.17. The molecule has 4 nitrogen and oxygen atoms in total. The Hall–Kier alpha value is -3.49. The minimum atomic E-state index is -4.73. The van der Waals surface area contributed by atoms with Crippen LogP contribution in [0, 0.1) is 11.6 Å². The van der Waals surface area contributed by atoms with Crippen LogP contribution in [-0.2, 0) is 6.18 Å². The predicted octanol–water partition coefficient (Wildman–Crippen LogP) is 3.62. The Morgan fingerprint density at radius 3 is 2.41 bits per heavy atom. The summed E-state index contributed by atoms with van der Waals surface area (Å²) < 4.78 is 71.6. The third-order valence-electron chi connectivity index (χ3n) is 4.13. The third-order valence-corrected chi connectivity index (χ3v) is 4.13. The summed E-state index contributed by atoms with van der Waals surface area (Å²) in [4.78, 5) is 10.0. The number of ether oxygens (including phenoxy) is 1. The zero-order valence-corrected chi connectivity index (χ0v) is 14.6. The SMILES string of the molecule is Fc1ccc(N2C=c3ncccc3=NC2Oc2cc(F)cc(C(F)(F)F)c2)cc1. The summed E-state index contributed by atoms with van der Waals surface area (Å²) in [6, 6.07) is 10.6. The standard InChI is InChI=1S/C20H12F5N3O/c21-13-3-5-15(6-4-13)28-11-18-17(2-1-7-26-18)27-19(28)29-16-9-12(20(23,24)25)8-14(22)10-16/h1-11,19H. The first-order valence-electron chi connectivity index (χ1n) is 8.39. The fourth-order valence-electron chi connectivity index (χ4n) is 2.81. The molecule has 2 heterocycles. The minimum absolute atomic E-state index is 0.348. The Kier molecular flexibility index (Phi) is 4.65. The van der Waals surface area contributed by atoms with Gasteiger partial charge in [-0.3, -0.25) is 9.88 Å². The van der Waals surface area contributed by atoms with Gasteiger partial charge in [-0.1, -0.05) is 0 Å². The largest absolute Gasteiger partial charge is 0.450 e. The van der Waals surface area contributed by atoms with Crippen molar-refractivity contribution in [3.8, 4) is 5.75 Å². The van der Waals surface area contributed by atoms with E-state index in [9.17, 15) is 22.0 Å². The van der Waals surface area contributed by atoms with Gasteiger partial charge in [0.2, 0.25) is 0 Å². The van der Waals surface area contributed by atoms with Gasteiger partial charge < -0.3 is 4.74 Å². The molecule has 0 radical (unpaired) electrons. The fraction of sp³-hybridized carbons (Fsp3) is 0.100. The second-order valence-electron chi connectivity index (χ2n) is 6.17. The van der Waals surface area contributed by atoms with Gasteiger partial charge in [-0.15, -0.1) is 0 Å². The molecule has 0 spiro atoms. The molecule has 0 amide bonds. The highest BCUT2D eigenvalue weighted by atomic mass is 19.4. The smallest absolute Gasteiger partial charge is 0.416 e. The van der Waals surface area contributed by atoms with E-state index in [1.54, 1.807) is 24.5 Å². The molecule has 1 aliphatic heterocycles. The van der Waals surface area contributed by atoms with Crippen molar-refractivity contribution in [2.75, 3.05) is 4.90 Å². The zero-order valence-electron chi connectivity index (χ0n) is 14.6. The van der Waals surface area contributed by atoms with Crippen molar-refractivity contribution in [1.29, 1.82) is 0 Å². The zero-order chi connectivity index (χ0) is 20.6. The molecule has 29 heavy (non-hydrogen) atoms. The van der Waals surface area contributed by atoms with Crippen molar-refractivity contribution in [3.63, 3.8) is 0 Å². The van der Waals surface area contributed by atoms with Crippen molar-refractivity contribution >= 4 is 11.9 Å². The maximum atomic E-state index is 13.7. The molecule has 0 aliphatic carbocycles. The van der Waals surface area contributed by atoms with E-state index in [2.05, 4.69) is 9.98 Å². The molecule has 3 aromatic rings. The molecule has 0 fully saturated rings. The number of hydrogen-bond acceptors (Lipinski definition) is 4. The lowest BCUT2D eigenvalue weighted by molar-refractivity contribution is -0.137. The highest BCUT2D eigenvalue weighted by Crippen LogP contribution is 2.33. The van der Waals surface area contributed by atoms with Crippen LogP contribution in [0.2, 0.25) is 0 Å². The van der Waals surface area contributed by atoms with E-state index in [1.807, 2.05) is 0 Å². The Morgan fingerprint density at radius 1 is 0.931 bits per heavy atom. The van der Waals surface area contributed by atoms with Crippen LogP contribution in [0.4, 0.5) is 27.6 Å². The molecule has 1 atom stereocenters. The van der Waals surface area contributed by atoms with Gasteiger partial charge in [-0.2, -0.15) is 13.2 Å². The van der Waals surface area contributed by atoms with Crippen LogP contribution in [0.1, 0.15) is 5.56 Å². The van der Waals surface area contributed by atoms with Gasteiger partial charge in [0.25, 0.3) is 6.35 Å². The summed E-state index contributed by atoms with van der Waals surface area (Å²) in [6.45, 7) is 0. The molecule has 0 saturated heterocycles. The molecule has 0 N–H and O–H groups in total. The predicted molar refractivity (Wildman–Crippen MR) is 94.2 cm³/mol. The van der Waals surface area contributed by atoms with E-state index < -0.39 is 29.7 Å². The fourth-order valence-corrected chi connectivity index (χ4v) is 2.81. The highest BCUT2D eigenvalue weighted by molar-refractivity contribution is 5.59. The van der Waals surface area contributed by atoms with E-state index in [4.69, 9.17) is 4.74 Å². The normalized spacial score (nSPS) is 15.9. The van der Waals surface area contributed by atoms with E-state index in [1.165, 1.54) is 29.2 Å². The summed E-state index contributed by atoms with van der Waals surface area (Å²) in [5.41, 5.74) is -0.716. The average molecular weight is 405 g/mol. The van der Waals surface area contributed by atoms with Crippen LogP contribution >= 0.6 is 0 Å². The van der Waals surface area contributed by atoms with Crippen molar-refractivity contribution in [2.45, 2.75) is 12.5 Å². The van der Waals surface area contributed by atoms with Crippen molar-refractivity contribution in [3.05, 3.63) is 88.7 Å². The molecule has 9 heteroatoms. The first kappa shape index (κ1) is 18.9. The Morgan fingerprint density at radius 2 is 1.69 bits per heavy atom. The first-order chi connectivity index (χ1) is 13.8. The van der Waals surface area contributed by atoms with Crippen LogP contribution in [0.25, 0.3) is 6.20 Å². The summed E-state index contributed by atoms with van der Waals surface area (Å²) in [7, 11) is 0. The van der Waals surface area contributed by atoms with Crippen molar-refractivity contribution < 1.29 is 26.7 Å². The Labute approximate surface area is 161 Å². The molecule has 1 aromatic heterocycles. The van der Waals surface area contributed by atoms with Crippen LogP contribution in [-0.4, -0.2) is 11.3 Å². The Balaban J connectivity index is 1.77. The lowest BCUT2D eigenvalue weighted by atomic mass is 10.2. The van der Waals surface area contributed by atoms with Gasteiger partial charge in [-0.25, -0.2) is 13.8 Å². The van der Waals surface area contributed by atoms with Crippen LogP contribution in [0.15, 0.2) is 65.8 Å². The number of halogens is 5. The minimum Gasteiger partial charge on any atom is -0.450 e. The third kappa shape index (κ3) is 4.03. The molecular formula is C20H12F5N3O. The van der Waals surface area contributed by atoms with E-state index in [0.29, 0.717) is 28.5 Å². The van der Waals surface area contributed by atoms with Crippen LogP contribution in [0.3, 0.4) is 0 Å². The van der Waals surface area contributed by atoms with Gasteiger partial charge >= 0.3 is 6.18 Å². The number of benzene rings is 2. The highest BCUT2D eigenvalue weighted by Gasteiger charge is 2.32. The number of anilines is 1. The van der Waals surface area contributed by atoms with E-state index in [-0.39, 0.29) is 5.75 Å². The average Bonchev–Trinajstić information content (AvgIpc) is 2.67. The van der Waals surface area contributed by atoms with Gasteiger partial charge in [-0.05, 0) is 48.5 Å². The molecule has 148 valence electrons. The molecule has 2 aromatic carbocycles. The first-order valence-corrected chi connectivity index (χ1v) is 8.39. The summed E-state index contributed by atoms with van der Waals surface area (Å²) >= 11 is 0. The molecule has 0 bridgehead atoms. The number of rotatable bonds is 3. The molecule has 1 unspecified atom stereocenters. The quantitative estimate of drug-likeness (QED) is 0.625. The Bertz CT molecular complexity index is 1160. The maximum Gasteiger partial charge on any atom is 0.416 e. The van der Waals surface area contributed by atoms with Gasteiger partial charge in [0, 0.05) is 24.2 Å². The van der Waals surface area contributed by atoms with Crippen LogP contribution < -0.4 is 20.3 Å². The topological polar surface area (TPSA) is 37.7 Å². The molecule has 1 aliphatic rings. The van der Waals surface area contributed by atoms with Gasteiger partial charge in [0.05, 0.1) is 10.9 Å².